The number of carbonyl (C=O) groups is 1. The van der Waals surface area contributed by atoms with Crippen molar-refractivity contribution in [3.8, 4) is 17.1 Å². The molecule has 130 valence electrons. The van der Waals surface area contributed by atoms with E-state index in [-0.39, 0.29) is 11.7 Å². The van der Waals surface area contributed by atoms with Gasteiger partial charge in [-0.25, -0.2) is 0 Å². The van der Waals surface area contributed by atoms with Gasteiger partial charge < -0.3 is 14.0 Å². The Bertz CT molecular complexity index is 690. The molecule has 24 heavy (non-hydrogen) atoms. The van der Waals surface area contributed by atoms with Crippen LogP contribution in [-0.2, 0) is 16.1 Å². The minimum absolute atomic E-state index is 0.206. The highest BCUT2D eigenvalue weighted by Gasteiger charge is 2.19. The Morgan fingerprint density at radius 2 is 1.88 bits per heavy atom. The van der Waals surface area contributed by atoms with E-state index in [2.05, 4.69) is 10.2 Å². The maximum absolute atomic E-state index is 11.9. The lowest BCUT2D eigenvalue weighted by Gasteiger charge is -2.19. The third-order valence-electron chi connectivity index (χ3n) is 3.12. The van der Waals surface area contributed by atoms with Crippen LogP contribution in [0.25, 0.3) is 11.4 Å². The fourth-order valence-corrected chi connectivity index (χ4v) is 2.90. The first-order valence-electron chi connectivity index (χ1n) is 7.76. The zero-order valence-electron chi connectivity index (χ0n) is 14.7. The Kier molecular flexibility index (Phi) is 5.88. The normalized spacial score (nSPS) is 11.4. The molecule has 0 aliphatic carbocycles. The van der Waals surface area contributed by atoms with Crippen LogP contribution >= 0.6 is 11.8 Å². The number of carbonyl (C=O) groups excluding carboxylic acids is 1. The van der Waals surface area contributed by atoms with Crippen molar-refractivity contribution in [2.75, 3.05) is 12.9 Å². The lowest BCUT2D eigenvalue weighted by Crippen LogP contribution is -2.25. The fourth-order valence-electron chi connectivity index (χ4n) is 2.13. The molecule has 6 nitrogen and oxygen atoms in total. The lowest BCUT2D eigenvalue weighted by atomic mass is 10.2. The van der Waals surface area contributed by atoms with Gasteiger partial charge in [-0.05, 0) is 52.0 Å². The van der Waals surface area contributed by atoms with Gasteiger partial charge in [-0.1, -0.05) is 11.8 Å². The van der Waals surface area contributed by atoms with Gasteiger partial charge in [0.25, 0.3) is 0 Å². The van der Waals surface area contributed by atoms with Gasteiger partial charge in [0, 0.05) is 12.1 Å². The van der Waals surface area contributed by atoms with E-state index in [0.717, 1.165) is 17.1 Å². The van der Waals surface area contributed by atoms with E-state index in [1.165, 1.54) is 11.8 Å². The van der Waals surface area contributed by atoms with Crippen LogP contribution in [0.1, 0.15) is 27.7 Å². The van der Waals surface area contributed by atoms with Crippen molar-refractivity contribution in [2.24, 2.45) is 0 Å². The van der Waals surface area contributed by atoms with Crippen molar-refractivity contribution in [3.63, 3.8) is 0 Å². The van der Waals surface area contributed by atoms with Gasteiger partial charge in [-0.3, -0.25) is 4.79 Å². The van der Waals surface area contributed by atoms with Crippen LogP contribution in [-0.4, -0.2) is 39.2 Å². The highest BCUT2D eigenvalue weighted by Crippen LogP contribution is 2.25. The minimum Gasteiger partial charge on any atom is -0.497 e. The largest absolute Gasteiger partial charge is 0.497 e. The molecule has 7 heteroatoms. The predicted molar refractivity (Wildman–Crippen MR) is 94.3 cm³/mol. The number of hydrogen-bond acceptors (Lipinski definition) is 6. The molecule has 0 radical (unpaired) electrons. The summed E-state index contributed by atoms with van der Waals surface area (Å²) in [5.41, 5.74) is 0.471. The minimum atomic E-state index is -0.482. The summed E-state index contributed by atoms with van der Waals surface area (Å²) in [6.45, 7) is 8.29. The number of hydrogen-bond donors (Lipinski definition) is 0. The maximum Gasteiger partial charge on any atom is 0.316 e. The second-order valence-corrected chi connectivity index (χ2v) is 7.10. The van der Waals surface area contributed by atoms with E-state index in [0.29, 0.717) is 11.7 Å². The number of aromatic nitrogens is 3. The van der Waals surface area contributed by atoms with Crippen LogP contribution in [0.4, 0.5) is 0 Å². The molecule has 0 bridgehead atoms. The van der Waals surface area contributed by atoms with Crippen molar-refractivity contribution < 1.29 is 14.3 Å². The SMILES string of the molecule is CCn1c(SCC(=O)OC(C)(C)C)nnc1-c1ccc(OC)cc1. The Labute approximate surface area is 146 Å². The molecule has 0 aliphatic heterocycles. The van der Waals surface area contributed by atoms with Crippen LogP contribution < -0.4 is 4.74 Å². The number of benzene rings is 1. The average molecular weight is 349 g/mol. The standard InChI is InChI=1S/C17H23N3O3S/c1-6-20-15(12-7-9-13(22-5)10-8-12)18-19-16(20)24-11-14(21)23-17(2,3)4/h7-10H,6,11H2,1-5H3. The van der Waals surface area contributed by atoms with Crippen LogP contribution in [0.2, 0.25) is 0 Å². The second kappa shape index (κ2) is 7.70. The van der Waals surface area contributed by atoms with E-state index in [1.54, 1.807) is 7.11 Å². The van der Waals surface area contributed by atoms with E-state index in [4.69, 9.17) is 9.47 Å². The molecule has 2 rings (SSSR count). The van der Waals surface area contributed by atoms with Gasteiger partial charge >= 0.3 is 5.97 Å². The Balaban J connectivity index is 2.12. The van der Waals surface area contributed by atoms with Crippen molar-refractivity contribution >= 4 is 17.7 Å². The number of esters is 1. The zero-order valence-corrected chi connectivity index (χ0v) is 15.5. The van der Waals surface area contributed by atoms with Crippen LogP contribution in [0.3, 0.4) is 0 Å². The third kappa shape index (κ3) is 4.74. The average Bonchev–Trinajstić information content (AvgIpc) is 2.94. The summed E-state index contributed by atoms with van der Waals surface area (Å²) in [7, 11) is 1.63. The molecule has 0 fully saturated rings. The summed E-state index contributed by atoms with van der Waals surface area (Å²) >= 11 is 1.33. The molecule has 0 unspecified atom stereocenters. The summed E-state index contributed by atoms with van der Waals surface area (Å²) in [5.74, 6) is 1.51. The Hall–Kier alpha value is -2.02. The first-order chi connectivity index (χ1) is 11.3. The second-order valence-electron chi connectivity index (χ2n) is 6.15. The Morgan fingerprint density at radius 1 is 1.21 bits per heavy atom. The molecule has 2 aromatic rings. The van der Waals surface area contributed by atoms with E-state index >= 15 is 0 Å². The maximum atomic E-state index is 11.9. The molecule has 0 amide bonds. The summed E-state index contributed by atoms with van der Waals surface area (Å²) in [6, 6.07) is 7.66. The van der Waals surface area contributed by atoms with Crippen molar-refractivity contribution in [1.29, 1.82) is 0 Å². The van der Waals surface area contributed by atoms with Gasteiger partial charge in [0.1, 0.15) is 11.4 Å². The van der Waals surface area contributed by atoms with Gasteiger partial charge in [0.15, 0.2) is 11.0 Å². The molecule has 1 aromatic heterocycles. The molecule has 1 heterocycles. The predicted octanol–water partition coefficient (Wildman–Crippen LogP) is 3.41. The van der Waals surface area contributed by atoms with Crippen molar-refractivity contribution in [1.82, 2.24) is 14.8 Å². The summed E-state index contributed by atoms with van der Waals surface area (Å²) in [6.07, 6.45) is 0. The van der Waals surface area contributed by atoms with E-state index in [9.17, 15) is 4.79 Å². The molecule has 1 aromatic carbocycles. The quantitative estimate of drug-likeness (QED) is 0.588. The molecule has 0 atom stereocenters. The van der Waals surface area contributed by atoms with E-state index in [1.807, 2.05) is 56.5 Å². The molecule has 0 saturated carbocycles. The van der Waals surface area contributed by atoms with Gasteiger partial charge in [0.2, 0.25) is 0 Å². The molecule has 0 aliphatic rings. The first kappa shape index (κ1) is 18.3. The fraction of sp³-hybridized carbons (Fsp3) is 0.471. The zero-order chi connectivity index (χ0) is 17.7. The molecule has 0 N–H and O–H groups in total. The number of nitrogens with zero attached hydrogens (tertiary/aromatic N) is 3. The van der Waals surface area contributed by atoms with Crippen molar-refractivity contribution in [2.45, 2.75) is 45.0 Å². The smallest absolute Gasteiger partial charge is 0.316 e. The van der Waals surface area contributed by atoms with Crippen LogP contribution in [0, 0.1) is 0 Å². The van der Waals surface area contributed by atoms with Gasteiger partial charge in [-0.15, -0.1) is 10.2 Å². The van der Waals surface area contributed by atoms with Crippen LogP contribution in [0.15, 0.2) is 29.4 Å². The van der Waals surface area contributed by atoms with Gasteiger partial charge in [-0.2, -0.15) is 0 Å². The summed E-state index contributed by atoms with van der Waals surface area (Å²) in [5, 5.41) is 9.18. The third-order valence-corrected chi connectivity index (χ3v) is 4.06. The monoisotopic (exact) mass is 349 g/mol. The lowest BCUT2D eigenvalue weighted by molar-refractivity contribution is -0.151. The molecule has 0 spiro atoms. The van der Waals surface area contributed by atoms with Gasteiger partial charge in [0.05, 0.1) is 12.9 Å². The highest BCUT2D eigenvalue weighted by molar-refractivity contribution is 7.99. The molecular weight excluding hydrogens is 326 g/mol. The van der Waals surface area contributed by atoms with E-state index < -0.39 is 5.60 Å². The highest BCUT2D eigenvalue weighted by atomic mass is 32.2. The number of methoxy groups -OCH3 is 1. The number of rotatable bonds is 6. The Morgan fingerprint density at radius 3 is 2.42 bits per heavy atom. The topological polar surface area (TPSA) is 66.2 Å². The summed E-state index contributed by atoms with van der Waals surface area (Å²) in [4.78, 5) is 11.9. The van der Waals surface area contributed by atoms with Crippen LogP contribution in [0.5, 0.6) is 5.75 Å². The number of ether oxygens (including phenoxy) is 2. The first-order valence-corrected chi connectivity index (χ1v) is 8.75. The summed E-state index contributed by atoms with van der Waals surface area (Å²) < 4.78 is 12.5. The van der Waals surface area contributed by atoms with Crippen molar-refractivity contribution in [3.05, 3.63) is 24.3 Å². The number of thioether (sulfide) groups is 1. The molecule has 0 saturated heterocycles. The molecular formula is C17H23N3O3S.